The van der Waals surface area contributed by atoms with Crippen molar-refractivity contribution in [3.05, 3.63) is 47.3 Å². The first-order valence-electron chi connectivity index (χ1n) is 7.48. The molecule has 1 heterocycles. The van der Waals surface area contributed by atoms with Crippen LogP contribution in [0.4, 0.5) is 11.4 Å². The summed E-state index contributed by atoms with van der Waals surface area (Å²) in [4.78, 5) is 16.4. The number of hydrogen-bond donors (Lipinski definition) is 3. The van der Waals surface area contributed by atoms with Crippen LogP contribution >= 0.6 is 0 Å². The normalized spacial score (nSPS) is 10.8. The van der Waals surface area contributed by atoms with Gasteiger partial charge in [-0.1, -0.05) is 0 Å². The molecule has 0 unspecified atom stereocenters. The Kier molecular flexibility index (Phi) is 5.36. The largest absolute Gasteiger partial charge is 0.492 e. The number of benzene rings is 1. The van der Waals surface area contributed by atoms with Gasteiger partial charge in [-0.15, -0.1) is 0 Å². The third-order valence-corrected chi connectivity index (χ3v) is 3.39. The Balaban J connectivity index is 2.41. The first-order valence-corrected chi connectivity index (χ1v) is 7.48. The minimum Gasteiger partial charge on any atom is -0.492 e. The lowest BCUT2D eigenvalue weighted by molar-refractivity contribution is -0.909. The fourth-order valence-corrected chi connectivity index (χ4v) is 2.20. The Morgan fingerprint density at radius 3 is 2.88 bits per heavy atom. The highest BCUT2D eigenvalue weighted by Gasteiger charge is 2.23. The van der Waals surface area contributed by atoms with Gasteiger partial charge in [0.15, 0.2) is 0 Å². The molecule has 1 aromatic heterocycles. The molecule has 1 amide bonds. The summed E-state index contributed by atoms with van der Waals surface area (Å²) < 4.78 is 6.37. The molecular weight excluding hydrogens is 308 g/mol. The van der Waals surface area contributed by atoms with Gasteiger partial charge < -0.3 is 15.8 Å². The Hall–Kier alpha value is -3.09. The predicted octanol–water partition coefficient (Wildman–Crippen LogP) is 1.80. The van der Waals surface area contributed by atoms with Crippen molar-refractivity contribution in [3.8, 4) is 5.75 Å². The highest BCUT2D eigenvalue weighted by atomic mass is 16.5. The van der Waals surface area contributed by atoms with Gasteiger partial charge in [-0.25, -0.2) is 0 Å². The number of carbonyl (C=O) groups is 1. The van der Waals surface area contributed by atoms with E-state index >= 15 is 0 Å². The molecule has 24 heavy (non-hydrogen) atoms. The van der Waals surface area contributed by atoms with Crippen LogP contribution in [0.15, 0.2) is 35.3 Å². The quantitative estimate of drug-likeness (QED) is 0.337. The van der Waals surface area contributed by atoms with Gasteiger partial charge in [0.05, 0.1) is 12.3 Å². The first-order chi connectivity index (χ1) is 11.5. The van der Waals surface area contributed by atoms with E-state index in [0.29, 0.717) is 35.0 Å². The lowest BCUT2D eigenvalue weighted by Crippen LogP contribution is -2.42. The van der Waals surface area contributed by atoms with Crippen molar-refractivity contribution in [2.75, 3.05) is 24.7 Å². The zero-order valence-electron chi connectivity index (χ0n) is 13.9. The smallest absolute Gasteiger partial charge is 0.325 e. The lowest BCUT2D eigenvalue weighted by Gasteiger charge is -2.13. The number of pyridine rings is 1. The molecule has 7 nitrogen and oxygen atoms in total. The zero-order valence-corrected chi connectivity index (χ0v) is 13.9. The van der Waals surface area contributed by atoms with Gasteiger partial charge in [-0.05, 0) is 19.1 Å². The number of rotatable bonds is 5. The molecule has 126 valence electrons. The van der Waals surface area contributed by atoms with Crippen molar-refractivity contribution < 1.29 is 19.5 Å². The second kappa shape index (κ2) is 7.45. The number of amides is 1. The second-order valence-corrected chi connectivity index (χ2v) is 5.12. The molecule has 0 aliphatic rings. The number of nitrogens with zero attached hydrogens (tertiary/aromatic N) is 2. The fourth-order valence-electron chi connectivity index (χ4n) is 2.20. The van der Waals surface area contributed by atoms with E-state index in [-0.39, 0.29) is 5.69 Å². The van der Waals surface area contributed by atoms with Gasteiger partial charge in [0.1, 0.15) is 5.75 Å². The van der Waals surface area contributed by atoms with Crippen LogP contribution in [0, 0.1) is 6.92 Å². The summed E-state index contributed by atoms with van der Waals surface area (Å²) in [5.74, 6) is -0.0138. The van der Waals surface area contributed by atoms with Crippen molar-refractivity contribution in [1.29, 1.82) is 0 Å². The number of nitrogens with two attached hydrogens (primary N) is 1. The van der Waals surface area contributed by atoms with E-state index < -0.39 is 5.91 Å². The van der Waals surface area contributed by atoms with Crippen molar-refractivity contribution >= 4 is 23.5 Å². The third kappa shape index (κ3) is 3.62. The van der Waals surface area contributed by atoms with E-state index in [1.807, 2.05) is 6.92 Å². The van der Waals surface area contributed by atoms with Crippen LogP contribution in [0.25, 0.3) is 0 Å². The summed E-state index contributed by atoms with van der Waals surface area (Å²) in [5, 5.41) is 12.7. The average molecular weight is 329 g/mol. The third-order valence-electron chi connectivity index (χ3n) is 3.39. The SMILES string of the molecule is CCOc1cc(N)c(C=NC)cc1NC(=O)c1cccc(C)[n+]1O. The van der Waals surface area contributed by atoms with Crippen molar-refractivity contribution in [2.45, 2.75) is 13.8 Å². The van der Waals surface area contributed by atoms with Crippen LogP contribution in [0.2, 0.25) is 0 Å². The number of ether oxygens (including phenoxy) is 1. The summed E-state index contributed by atoms with van der Waals surface area (Å²) in [6.07, 6.45) is 1.60. The fraction of sp³-hybridized carbons (Fsp3) is 0.235. The molecule has 4 N–H and O–H groups in total. The van der Waals surface area contributed by atoms with Crippen LogP contribution in [0.5, 0.6) is 5.75 Å². The summed E-state index contributed by atoms with van der Waals surface area (Å²) in [6, 6.07) is 8.23. The number of nitrogen functional groups attached to an aromatic ring is 1. The highest BCUT2D eigenvalue weighted by Crippen LogP contribution is 2.30. The molecule has 7 heteroatoms. The van der Waals surface area contributed by atoms with Gasteiger partial charge in [0, 0.05) is 54.4 Å². The highest BCUT2D eigenvalue weighted by molar-refractivity contribution is 6.04. The van der Waals surface area contributed by atoms with E-state index in [0.717, 1.165) is 4.73 Å². The van der Waals surface area contributed by atoms with E-state index in [4.69, 9.17) is 10.5 Å². The van der Waals surface area contributed by atoms with Gasteiger partial charge in [0.25, 0.3) is 0 Å². The van der Waals surface area contributed by atoms with Crippen molar-refractivity contribution in [1.82, 2.24) is 0 Å². The molecule has 2 rings (SSSR count). The number of nitrogens with one attached hydrogen (secondary N) is 1. The number of hydrogen-bond acceptors (Lipinski definition) is 5. The predicted molar refractivity (Wildman–Crippen MR) is 92.1 cm³/mol. The van der Waals surface area contributed by atoms with Gasteiger partial charge >= 0.3 is 11.6 Å². The summed E-state index contributed by atoms with van der Waals surface area (Å²) in [6.45, 7) is 3.96. The average Bonchev–Trinajstić information content (AvgIpc) is 2.54. The molecule has 0 aliphatic carbocycles. The summed E-state index contributed by atoms with van der Waals surface area (Å²) >= 11 is 0. The minimum absolute atomic E-state index is 0.111. The van der Waals surface area contributed by atoms with Crippen molar-refractivity contribution in [3.63, 3.8) is 0 Å². The lowest BCUT2D eigenvalue weighted by atomic mass is 10.1. The number of anilines is 2. The molecule has 0 spiro atoms. The standard InChI is InChI=1S/C17H20N4O3/c1-4-24-16-9-13(18)12(10-19-3)8-14(16)20-17(22)15-7-5-6-11(2)21(15)23/h5-10,18,22-23H,4H2,1-3H3/p+1. The molecule has 0 atom stereocenters. The van der Waals surface area contributed by atoms with Crippen molar-refractivity contribution in [2.24, 2.45) is 4.99 Å². The summed E-state index contributed by atoms with van der Waals surface area (Å²) in [5.41, 5.74) is 8.23. The molecule has 0 aliphatic heterocycles. The maximum atomic E-state index is 12.5. The van der Waals surface area contributed by atoms with E-state index in [1.165, 1.54) is 6.07 Å². The van der Waals surface area contributed by atoms with E-state index in [2.05, 4.69) is 10.3 Å². The number of aryl methyl sites for hydroxylation is 1. The molecule has 0 bridgehead atoms. The summed E-state index contributed by atoms with van der Waals surface area (Å²) in [7, 11) is 1.63. The molecule has 1 aromatic carbocycles. The van der Waals surface area contributed by atoms with Crippen LogP contribution in [0.3, 0.4) is 0 Å². The van der Waals surface area contributed by atoms with Gasteiger partial charge in [-0.3, -0.25) is 15.0 Å². The molecule has 0 saturated heterocycles. The Morgan fingerprint density at radius 1 is 1.46 bits per heavy atom. The Labute approximate surface area is 140 Å². The Morgan fingerprint density at radius 2 is 2.21 bits per heavy atom. The van der Waals surface area contributed by atoms with Gasteiger partial charge in [-0.2, -0.15) is 0 Å². The molecular formula is C17H21N4O3+. The zero-order chi connectivity index (χ0) is 17.7. The Bertz CT molecular complexity index is 788. The van der Waals surface area contributed by atoms with Gasteiger partial charge in [0.2, 0.25) is 5.69 Å². The topological polar surface area (TPSA) is 101 Å². The number of aliphatic imine (C=N–C) groups is 1. The van der Waals surface area contributed by atoms with E-state index in [9.17, 15) is 10.0 Å². The maximum absolute atomic E-state index is 12.5. The van der Waals surface area contributed by atoms with Crippen LogP contribution in [-0.4, -0.2) is 31.0 Å². The second-order valence-electron chi connectivity index (χ2n) is 5.12. The van der Waals surface area contributed by atoms with E-state index in [1.54, 1.807) is 44.5 Å². The first kappa shape index (κ1) is 17.3. The van der Waals surface area contributed by atoms with Crippen LogP contribution < -0.4 is 20.5 Å². The molecule has 0 fully saturated rings. The molecule has 2 aromatic rings. The van der Waals surface area contributed by atoms with Crippen LogP contribution in [0.1, 0.15) is 28.7 Å². The number of carbonyl (C=O) groups excluding carboxylic acids is 1. The monoisotopic (exact) mass is 329 g/mol. The molecule has 0 radical (unpaired) electrons. The maximum Gasteiger partial charge on any atom is 0.325 e. The minimum atomic E-state index is -0.466. The molecule has 0 saturated carbocycles. The number of aromatic nitrogens is 1. The van der Waals surface area contributed by atoms with Crippen LogP contribution in [-0.2, 0) is 0 Å².